The molecule has 0 saturated heterocycles. The van der Waals surface area contributed by atoms with Gasteiger partial charge in [-0.1, -0.05) is 55.8 Å². The zero-order chi connectivity index (χ0) is 20.4. The molecular weight excluding hydrogens is 360 g/mol. The number of hydrogen-bond donors (Lipinski definition) is 1. The lowest BCUT2D eigenvalue weighted by Gasteiger charge is -2.12. The molecule has 4 rings (SSSR count). The van der Waals surface area contributed by atoms with E-state index in [1.54, 1.807) is 4.52 Å². The van der Waals surface area contributed by atoms with Crippen LogP contribution in [-0.4, -0.2) is 19.6 Å². The van der Waals surface area contributed by atoms with Crippen LogP contribution in [0.2, 0.25) is 0 Å². The van der Waals surface area contributed by atoms with E-state index in [9.17, 15) is 5.26 Å². The van der Waals surface area contributed by atoms with Gasteiger partial charge in [0.2, 0.25) is 5.95 Å². The highest BCUT2D eigenvalue weighted by Gasteiger charge is 2.16. The molecule has 2 heterocycles. The summed E-state index contributed by atoms with van der Waals surface area (Å²) in [5.74, 6) is 1.05. The predicted octanol–water partition coefficient (Wildman–Crippen LogP) is 4.10. The molecule has 4 aromatic rings. The number of rotatable bonds is 5. The molecule has 29 heavy (non-hydrogen) atoms. The van der Waals surface area contributed by atoms with Crippen LogP contribution in [-0.2, 0) is 12.8 Å². The smallest absolute Gasteiger partial charge is 0.240 e. The number of nitrogen functional groups attached to an aromatic ring is 1. The van der Waals surface area contributed by atoms with E-state index in [0.29, 0.717) is 12.0 Å². The lowest BCUT2D eigenvalue weighted by molar-refractivity contribution is 0.793. The molecule has 2 aromatic heterocycles. The van der Waals surface area contributed by atoms with Crippen LogP contribution in [0.3, 0.4) is 0 Å². The van der Waals surface area contributed by atoms with Gasteiger partial charge >= 0.3 is 0 Å². The van der Waals surface area contributed by atoms with Gasteiger partial charge in [-0.15, -0.1) is 5.10 Å². The van der Waals surface area contributed by atoms with Crippen LogP contribution < -0.4 is 5.73 Å². The first-order valence-electron chi connectivity index (χ1n) is 9.69. The van der Waals surface area contributed by atoms with E-state index in [1.807, 2.05) is 31.2 Å². The Balaban J connectivity index is 1.73. The maximum absolute atomic E-state index is 9.35. The summed E-state index contributed by atoms with van der Waals surface area (Å²) in [7, 11) is 0. The van der Waals surface area contributed by atoms with E-state index >= 15 is 0 Å². The van der Waals surface area contributed by atoms with E-state index in [4.69, 9.17) is 10.7 Å². The summed E-state index contributed by atoms with van der Waals surface area (Å²) >= 11 is 0. The molecule has 6 nitrogen and oxygen atoms in total. The minimum absolute atomic E-state index is 0.258. The van der Waals surface area contributed by atoms with Crippen molar-refractivity contribution in [2.45, 2.75) is 33.1 Å². The average molecular weight is 382 g/mol. The van der Waals surface area contributed by atoms with Gasteiger partial charge in [0.05, 0.1) is 11.6 Å². The lowest BCUT2D eigenvalue weighted by atomic mass is 9.97. The summed E-state index contributed by atoms with van der Waals surface area (Å²) < 4.78 is 1.72. The SMILES string of the molecule is CCCc1nc(C)n2nc(N)nc2c1Cc1ccc(-c2ccccc2C#N)cc1. The van der Waals surface area contributed by atoms with Crippen LogP contribution in [0.4, 0.5) is 5.95 Å². The molecule has 0 spiro atoms. The topological polar surface area (TPSA) is 92.9 Å². The Morgan fingerprint density at radius 2 is 1.83 bits per heavy atom. The molecular formula is C23H22N6. The minimum Gasteiger partial charge on any atom is -0.366 e. The quantitative estimate of drug-likeness (QED) is 0.561. The molecule has 0 fully saturated rings. The number of benzene rings is 2. The third-order valence-electron chi connectivity index (χ3n) is 5.03. The predicted molar refractivity (Wildman–Crippen MR) is 113 cm³/mol. The highest BCUT2D eigenvalue weighted by Crippen LogP contribution is 2.26. The summed E-state index contributed by atoms with van der Waals surface area (Å²) in [6.07, 6.45) is 2.58. The first-order valence-corrected chi connectivity index (χ1v) is 9.69. The maximum Gasteiger partial charge on any atom is 0.240 e. The van der Waals surface area contributed by atoms with Crippen molar-refractivity contribution >= 4 is 11.6 Å². The fourth-order valence-corrected chi connectivity index (χ4v) is 3.65. The highest BCUT2D eigenvalue weighted by molar-refractivity contribution is 5.70. The van der Waals surface area contributed by atoms with Gasteiger partial charge in [0.25, 0.3) is 0 Å². The van der Waals surface area contributed by atoms with Gasteiger partial charge in [-0.25, -0.2) is 4.98 Å². The molecule has 0 aliphatic rings. The zero-order valence-corrected chi connectivity index (χ0v) is 16.6. The van der Waals surface area contributed by atoms with Crippen molar-refractivity contribution in [3.63, 3.8) is 0 Å². The summed E-state index contributed by atoms with van der Waals surface area (Å²) in [5, 5.41) is 13.6. The fourth-order valence-electron chi connectivity index (χ4n) is 3.65. The Morgan fingerprint density at radius 1 is 1.07 bits per heavy atom. The second-order valence-corrected chi connectivity index (χ2v) is 7.07. The maximum atomic E-state index is 9.35. The number of anilines is 1. The van der Waals surface area contributed by atoms with Gasteiger partial charge < -0.3 is 5.73 Å². The molecule has 0 aliphatic heterocycles. The second-order valence-electron chi connectivity index (χ2n) is 7.07. The summed E-state index contributed by atoms with van der Waals surface area (Å²) in [6, 6.07) is 18.2. The molecule has 2 N–H and O–H groups in total. The number of aryl methyl sites for hydroxylation is 2. The van der Waals surface area contributed by atoms with Crippen molar-refractivity contribution in [2.24, 2.45) is 0 Å². The van der Waals surface area contributed by atoms with Crippen LogP contribution >= 0.6 is 0 Å². The molecule has 0 amide bonds. The number of nitrogens with two attached hydrogens (primary N) is 1. The molecule has 0 unspecified atom stereocenters. The lowest BCUT2D eigenvalue weighted by Crippen LogP contribution is -2.08. The molecule has 0 atom stereocenters. The van der Waals surface area contributed by atoms with Gasteiger partial charge in [0.1, 0.15) is 5.82 Å². The van der Waals surface area contributed by atoms with Crippen LogP contribution in [0.5, 0.6) is 0 Å². The normalized spacial score (nSPS) is 10.9. The average Bonchev–Trinajstić information content (AvgIpc) is 3.14. The Kier molecular flexibility index (Phi) is 4.96. The van der Waals surface area contributed by atoms with E-state index in [-0.39, 0.29) is 5.95 Å². The Labute approximate surface area is 169 Å². The van der Waals surface area contributed by atoms with Crippen molar-refractivity contribution in [3.8, 4) is 17.2 Å². The van der Waals surface area contributed by atoms with Crippen LogP contribution in [0.1, 0.15) is 41.6 Å². The standard InChI is InChI=1S/C23H22N6/c1-3-6-21-20(22-27-23(25)28-29(22)15(2)26-21)13-16-9-11-17(12-10-16)19-8-5-4-7-18(19)14-24/h4-5,7-12H,3,6,13H2,1-2H3,(H2,25,28). The number of hydrogen-bond acceptors (Lipinski definition) is 5. The molecule has 0 radical (unpaired) electrons. The van der Waals surface area contributed by atoms with Gasteiger partial charge in [-0.3, -0.25) is 0 Å². The van der Waals surface area contributed by atoms with Crippen LogP contribution in [0, 0.1) is 18.3 Å². The van der Waals surface area contributed by atoms with Crippen molar-refractivity contribution < 1.29 is 0 Å². The molecule has 0 saturated carbocycles. The van der Waals surface area contributed by atoms with Crippen LogP contribution in [0.25, 0.3) is 16.8 Å². The molecule has 0 bridgehead atoms. The summed E-state index contributed by atoms with van der Waals surface area (Å²) in [4.78, 5) is 9.21. The third-order valence-corrected chi connectivity index (χ3v) is 5.03. The third kappa shape index (κ3) is 3.55. The monoisotopic (exact) mass is 382 g/mol. The number of aromatic nitrogens is 4. The minimum atomic E-state index is 0.258. The largest absolute Gasteiger partial charge is 0.366 e. The molecule has 144 valence electrons. The van der Waals surface area contributed by atoms with E-state index < -0.39 is 0 Å². The molecule has 0 aliphatic carbocycles. The van der Waals surface area contributed by atoms with Crippen molar-refractivity contribution in [1.82, 2.24) is 19.6 Å². The van der Waals surface area contributed by atoms with E-state index in [0.717, 1.165) is 52.3 Å². The summed E-state index contributed by atoms with van der Waals surface area (Å²) in [6.45, 7) is 4.07. The zero-order valence-electron chi connectivity index (χ0n) is 16.6. The Morgan fingerprint density at radius 3 is 2.55 bits per heavy atom. The van der Waals surface area contributed by atoms with Crippen molar-refractivity contribution in [1.29, 1.82) is 5.26 Å². The molecule has 6 heteroatoms. The first-order chi connectivity index (χ1) is 14.1. The van der Waals surface area contributed by atoms with Gasteiger partial charge in [0, 0.05) is 17.7 Å². The van der Waals surface area contributed by atoms with Gasteiger partial charge in [-0.2, -0.15) is 14.8 Å². The second kappa shape index (κ2) is 7.72. The highest BCUT2D eigenvalue weighted by atomic mass is 15.3. The van der Waals surface area contributed by atoms with Gasteiger partial charge in [-0.05, 0) is 36.1 Å². The number of nitrogens with zero attached hydrogens (tertiary/aromatic N) is 5. The Bertz CT molecular complexity index is 1210. The van der Waals surface area contributed by atoms with Gasteiger partial charge in [0.15, 0.2) is 5.65 Å². The van der Waals surface area contributed by atoms with E-state index in [1.165, 1.54) is 0 Å². The number of nitriles is 1. The summed E-state index contributed by atoms with van der Waals surface area (Å²) in [5.41, 5.74) is 12.5. The van der Waals surface area contributed by atoms with Crippen molar-refractivity contribution in [3.05, 3.63) is 76.7 Å². The molecule has 2 aromatic carbocycles. The Hall–Kier alpha value is -3.72. The van der Waals surface area contributed by atoms with Crippen LogP contribution in [0.15, 0.2) is 48.5 Å². The fraction of sp³-hybridized carbons (Fsp3) is 0.217. The van der Waals surface area contributed by atoms with Crippen molar-refractivity contribution in [2.75, 3.05) is 5.73 Å². The first kappa shape index (κ1) is 18.6. The van der Waals surface area contributed by atoms with E-state index in [2.05, 4.69) is 47.3 Å². The number of fused-ring (bicyclic) bond motifs is 1.